The molecule has 2 rings (SSSR count). The normalized spacial score (nSPS) is 10.8. The van der Waals surface area contributed by atoms with E-state index in [1.165, 1.54) is 5.39 Å². The van der Waals surface area contributed by atoms with E-state index in [4.69, 9.17) is 9.72 Å². The molecule has 0 saturated carbocycles. The van der Waals surface area contributed by atoms with Crippen molar-refractivity contribution in [3.63, 3.8) is 0 Å². The number of fused-ring (bicyclic) bond motifs is 1. The monoisotopic (exact) mass is 285 g/mol. The molecule has 1 aromatic heterocycles. The van der Waals surface area contributed by atoms with Crippen molar-refractivity contribution in [2.45, 2.75) is 6.54 Å². The molecule has 0 saturated heterocycles. The number of ether oxygens (including phenoxy) is 1. The first-order chi connectivity index (χ1) is 10.3. The van der Waals surface area contributed by atoms with Gasteiger partial charge in [0.2, 0.25) is 0 Å². The molecule has 4 nitrogen and oxygen atoms in total. The number of benzene rings is 1. The van der Waals surface area contributed by atoms with Crippen LogP contribution in [0.15, 0.2) is 43.0 Å². The fraction of sp³-hybridized carbons (Fsp3) is 0.353. The standard InChI is InChI=1S/C17H23N3O/c1-4-9-20(10-11-21-3)17-16-8-6-5-7-14(16)12-15(19-17)13-18-2/h4-8,12,18H,1,9-11,13H2,2-3H3. The molecule has 21 heavy (non-hydrogen) atoms. The highest BCUT2D eigenvalue weighted by atomic mass is 16.5. The number of hydrogen-bond acceptors (Lipinski definition) is 4. The Balaban J connectivity index is 2.48. The second-order valence-corrected chi connectivity index (χ2v) is 4.92. The Labute approximate surface area is 126 Å². The Morgan fingerprint density at radius 1 is 1.38 bits per heavy atom. The van der Waals surface area contributed by atoms with Gasteiger partial charge in [0.1, 0.15) is 5.82 Å². The summed E-state index contributed by atoms with van der Waals surface area (Å²) in [4.78, 5) is 7.03. The van der Waals surface area contributed by atoms with E-state index in [9.17, 15) is 0 Å². The summed E-state index contributed by atoms with van der Waals surface area (Å²) in [5, 5.41) is 5.53. The van der Waals surface area contributed by atoms with Crippen molar-refractivity contribution in [3.05, 3.63) is 48.7 Å². The van der Waals surface area contributed by atoms with Crippen molar-refractivity contribution < 1.29 is 4.74 Å². The number of methoxy groups -OCH3 is 1. The molecule has 0 amide bonds. The highest BCUT2D eigenvalue weighted by Gasteiger charge is 2.12. The van der Waals surface area contributed by atoms with Gasteiger partial charge in [0.25, 0.3) is 0 Å². The maximum absolute atomic E-state index is 5.21. The molecule has 112 valence electrons. The van der Waals surface area contributed by atoms with Gasteiger partial charge in [0, 0.05) is 32.1 Å². The lowest BCUT2D eigenvalue weighted by atomic mass is 10.1. The molecule has 0 spiro atoms. The van der Waals surface area contributed by atoms with Gasteiger partial charge in [-0.1, -0.05) is 30.3 Å². The molecule has 4 heteroatoms. The molecule has 1 heterocycles. The molecule has 2 aromatic rings. The van der Waals surface area contributed by atoms with Gasteiger partial charge in [-0.25, -0.2) is 4.98 Å². The lowest BCUT2D eigenvalue weighted by Gasteiger charge is -2.24. The number of aromatic nitrogens is 1. The molecule has 0 aliphatic carbocycles. The van der Waals surface area contributed by atoms with Crippen LogP contribution in [0.4, 0.5) is 5.82 Å². The number of nitrogens with one attached hydrogen (secondary N) is 1. The Kier molecular flexibility index (Phi) is 5.72. The number of nitrogens with zero attached hydrogens (tertiary/aromatic N) is 2. The summed E-state index contributed by atoms with van der Waals surface area (Å²) < 4.78 is 5.21. The summed E-state index contributed by atoms with van der Waals surface area (Å²) in [5.74, 6) is 0.996. The summed E-state index contributed by atoms with van der Waals surface area (Å²) in [7, 11) is 3.65. The average molecular weight is 285 g/mol. The van der Waals surface area contributed by atoms with E-state index in [0.717, 1.165) is 36.5 Å². The van der Waals surface area contributed by atoms with E-state index in [1.54, 1.807) is 7.11 Å². The molecule has 0 atom stereocenters. The molecule has 0 aliphatic heterocycles. The fourth-order valence-corrected chi connectivity index (χ4v) is 2.39. The van der Waals surface area contributed by atoms with Crippen LogP contribution in [0.1, 0.15) is 5.69 Å². The van der Waals surface area contributed by atoms with Gasteiger partial charge < -0.3 is 15.0 Å². The van der Waals surface area contributed by atoms with Crippen LogP contribution in [-0.4, -0.2) is 38.8 Å². The number of hydrogen-bond donors (Lipinski definition) is 1. The average Bonchev–Trinajstić information content (AvgIpc) is 2.51. The first-order valence-electron chi connectivity index (χ1n) is 7.18. The SMILES string of the molecule is C=CCN(CCOC)c1nc(CNC)cc2ccccc12. The summed E-state index contributed by atoms with van der Waals surface area (Å²) in [5.41, 5.74) is 1.04. The minimum atomic E-state index is 0.667. The molecule has 0 unspecified atom stereocenters. The van der Waals surface area contributed by atoms with Crippen molar-refractivity contribution in [3.8, 4) is 0 Å². The maximum Gasteiger partial charge on any atom is 0.137 e. The Morgan fingerprint density at radius 3 is 2.90 bits per heavy atom. The van der Waals surface area contributed by atoms with Crippen molar-refractivity contribution in [2.24, 2.45) is 0 Å². The predicted molar refractivity (Wildman–Crippen MR) is 88.8 cm³/mol. The van der Waals surface area contributed by atoms with Gasteiger partial charge in [0.05, 0.1) is 12.3 Å². The van der Waals surface area contributed by atoms with Crippen LogP contribution in [0, 0.1) is 0 Å². The highest BCUT2D eigenvalue weighted by molar-refractivity contribution is 5.92. The maximum atomic E-state index is 5.21. The van der Waals surface area contributed by atoms with Crippen molar-refractivity contribution >= 4 is 16.6 Å². The van der Waals surface area contributed by atoms with Crippen LogP contribution in [0.3, 0.4) is 0 Å². The molecule has 1 N–H and O–H groups in total. The first kappa shape index (κ1) is 15.5. The molecule has 0 radical (unpaired) electrons. The summed E-state index contributed by atoms with van der Waals surface area (Å²) in [6.45, 7) is 6.82. The van der Waals surface area contributed by atoms with E-state index in [1.807, 2.05) is 19.2 Å². The second-order valence-electron chi connectivity index (χ2n) is 4.92. The number of pyridine rings is 1. The second kappa shape index (κ2) is 7.76. The van der Waals surface area contributed by atoms with E-state index >= 15 is 0 Å². The van der Waals surface area contributed by atoms with Gasteiger partial charge in [-0.2, -0.15) is 0 Å². The molecule has 0 bridgehead atoms. The highest BCUT2D eigenvalue weighted by Crippen LogP contribution is 2.25. The van der Waals surface area contributed by atoms with E-state index in [2.05, 4.69) is 41.1 Å². The van der Waals surface area contributed by atoms with Crippen LogP contribution in [0.2, 0.25) is 0 Å². The van der Waals surface area contributed by atoms with E-state index in [-0.39, 0.29) is 0 Å². The number of rotatable bonds is 8. The zero-order valence-corrected chi connectivity index (χ0v) is 12.8. The van der Waals surface area contributed by atoms with Gasteiger partial charge >= 0.3 is 0 Å². The van der Waals surface area contributed by atoms with Gasteiger partial charge in [0.15, 0.2) is 0 Å². The lowest BCUT2D eigenvalue weighted by Crippen LogP contribution is -2.28. The summed E-state index contributed by atoms with van der Waals surface area (Å²) >= 11 is 0. The Hall–Kier alpha value is -1.91. The van der Waals surface area contributed by atoms with Gasteiger partial charge in [-0.15, -0.1) is 6.58 Å². The summed E-state index contributed by atoms with van der Waals surface area (Å²) in [6.07, 6.45) is 1.90. The quantitative estimate of drug-likeness (QED) is 0.757. The smallest absolute Gasteiger partial charge is 0.137 e. The first-order valence-corrected chi connectivity index (χ1v) is 7.18. The van der Waals surface area contributed by atoms with Crippen LogP contribution >= 0.6 is 0 Å². The zero-order chi connectivity index (χ0) is 15.1. The third-order valence-electron chi connectivity index (χ3n) is 3.35. The van der Waals surface area contributed by atoms with Crippen molar-refractivity contribution in [1.29, 1.82) is 0 Å². The lowest BCUT2D eigenvalue weighted by molar-refractivity contribution is 0.205. The largest absolute Gasteiger partial charge is 0.383 e. The van der Waals surface area contributed by atoms with Crippen molar-refractivity contribution in [1.82, 2.24) is 10.3 Å². The predicted octanol–water partition coefficient (Wildman–Crippen LogP) is 2.59. The van der Waals surface area contributed by atoms with Gasteiger partial charge in [-0.05, 0) is 18.5 Å². The minimum absolute atomic E-state index is 0.667. The van der Waals surface area contributed by atoms with Crippen molar-refractivity contribution in [2.75, 3.05) is 38.8 Å². The van der Waals surface area contributed by atoms with Crippen LogP contribution in [0.25, 0.3) is 10.8 Å². The Morgan fingerprint density at radius 2 is 2.19 bits per heavy atom. The molecular formula is C17H23N3O. The molecule has 1 aromatic carbocycles. The van der Waals surface area contributed by atoms with Crippen LogP contribution in [0.5, 0.6) is 0 Å². The molecule has 0 aliphatic rings. The van der Waals surface area contributed by atoms with E-state index < -0.39 is 0 Å². The Bertz CT molecular complexity index is 598. The third-order valence-corrected chi connectivity index (χ3v) is 3.35. The minimum Gasteiger partial charge on any atom is -0.383 e. The topological polar surface area (TPSA) is 37.4 Å². The van der Waals surface area contributed by atoms with Gasteiger partial charge in [-0.3, -0.25) is 0 Å². The summed E-state index contributed by atoms with van der Waals surface area (Å²) in [6, 6.07) is 10.5. The molecule has 0 fully saturated rings. The fourth-order valence-electron chi connectivity index (χ4n) is 2.39. The van der Waals surface area contributed by atoms with Crippen LogP contribution < -0.4 is 10.2 Å². The molecular weight excluding hydrogens is 262 g/mol. The van der Waals surface area contributed by atoms with Crippen LogP contribution in [-0.2, 0) is 11.3 Å². The zero-order valence-electron chi connectivity index (χ0n) is 12.8. The van der Waals surface area contributed by atoms with E-state index in [0.29, 0.717) is 6.61 Å². The third kappa shape index (κ3) is 3.80. The number of anilines is 1.